The van der Waals surface area contributed by atoms with Crippen LogP contribution in [0.5, 0.6) is 5.75 Å². The van der Waals surface area contributed by atoms with Crippen molar-refractivity contribution >= 4 is 23.7 Å². The summed E-state index contributed by atoms with van der Waals surface area (Å²) in [6, 6.07) is 18.9. The van der Waals surface area contributed by atoms with Crippen molar-refractivity contribution in [3.05, 3.63) is 71.0 Å². The number of nitrogens with one attached hydrogen (secondary N) is 1. The predicted octanol–water partition coefficient (Wildman–Crippen LogP) is 3.94. The Kier molecular flexibility index (Phi) is 6.59. The first-order chi connectivity index (χ1) is 17.1. The lowest BCUT2D eigenvalue weighted by Gasteiger charge is -2.28. The van der Waals surface area contributed by atoms with Gasteiger partial charge < -0.3 is 15.0 Å². The van der Waals surface area contributed by atoms with E-state index in [0.717, 1.165) is 60.0 Å². The van der Waals surface area contributed by atoms with Crippen LogP contribution in [0.2, 0.25) is 0 Å². The van der Waals surface area contributed by atoms with Crippen LogP contribution < -0.4 is 15.0 Å². The number of aliphatic imine (C=N–C) groups is 1. The zero-order chi connectivity index (χ0) is 24.2. The number of methoxy groups -OCH3 is 1. The maximum absolute atomic E-state index is 9.17. The molecule has 8 heteroatoms. The van der Waals surface area contributed by atoms with Crippen LogP contribution in [0.15, 0.2) is 53.5 Å². The van der Waals surface area contributed by atoms with E-state index < -0.39 is 0 Å². The van der Waals surface area contributed by atoms with Gasteiger partial charge in [-0.1, -0.05) is 30.3 Å². The summed E-state index contributed by atoms with van der Waals surface area (Å²) >= 11 is 0. The number of fused-ring (bicyclic) bond motifs is 1. The van der Waals surface area contributed by atoms with Gasteiger partial charge in [0.2, 0.25) is 5.95 Å². The predicted molar refractivity (Wildman–Crippen MR) is 137 cm³/mol. The number of benzene rings is 2. The molecule has 1 N–H and O–H groups in total. The van der Waals surface area contributed by atoms with Crippen LogP contribution in [-0.4, -0.2) is 54.0 Å². The summed E-state index contributed by atoms with van der Waals surface area (Å²) in [5, 5.41) is 12.6. The minimum Gasteiger partial charge on any atom is -0.494 e. The minimum atomic E-state index is 0.272. The van der Waals surface area contributed by atoms with Crippen molar-refractivity contribution in [1.29, 1.82) is 5.26 Å². The highest BCUT2D eigenvalue weighted by molar-refractivity contribution is 5.85. The molecule has 3 aromatic rings. The molecule has 35 heavy (non-hydrogen) atoms. The average Bonchev–Trinajstić information content (AvgIpc) is 3.31. The fourth-order valence-corrected chi connectivity index (χ4v) is 4.62. The highest BCUT2D eigenvalue weighted by atomic mass is 16.5. The maximum atomic E-state index is 9.17. The van der Waals surface area contributed by atoms with Crippen LogP contribution in [0.4, 0.5) is 17.3 Å². The highest BCUT2D eigenvalue weighted by Gasteiger charge is 2.23. The van der Waals surface area contributed by atoms with Crippen LogP contribution in [-0.2, 0) is 19.4 Å². The van der Waals surface area contributed by atoms with Crippen molar-refractivity contribution in [2.75, 3.05) is 37.0 Å². The number of nitriles is 1. The van der Waals surface area contributed by atoms with Crippen molar-refractivity contribution in [3.8, 4) is 11.8 Å². The Bertz CT molecular complexity index is 1270. The van der Waals surface area contributed by atoms with Crippen molar-refractivity contribution in [2.45, 2.75) is 32.4 Å². The van der Waals surface area contributed by atoms with Gasteiger partial charge in [-0.05, 0) is 24.6 Å². The summed E-state index contributed by atoms with van der Waals surface area (Å²) in [6.45, 7) is 4.86. The van der Waals surface area contributed by atoms with E-state index in [9.17, 15) is 5.26 Å². The molecule has 0 saturated heterocycles. The van der Waals surface area contributed by atoms with Gasteiger partial charge in [0, 0.05) is 49.8 Å². The molecule has 8 nitrogen and oxygen atoms in total. The topological polar surface area (TPSA) is 89.7 Å². The quantitative estimate of drug-likeness (QED) is 0.527. The van der Waals surface area contributed by atoms with Crippen molar-refractivity contribution in [1.82, 2.24) is 14.9 Å². The third-order valence-corrected chi connectivity index (χ3v) is 6.40. The Morgan fingerprint density at radius 1 is 1.17 bits per heavy atom. The molecule has 2 aliphatic rings. The van der Waals surface area contributed by atoms with Crippen molar-refractivity contribution in [2.24, 2.45) is 4.99 Å². The largest absolute Gasteiger partial charge is 0.494 e. The molecule has 0 fully saturated rings. The monoisotopic (exact) mass is 467 g/mol. The van der Waals surface area contributed by atoms with E-state index in [2.05, 4.69) is 45.2 Å². The summed E-state index contributed by atoms with van der Waals surface area (Å²) < 4.78 is 5.68. The molecule has 2 aliphatic heterocycles. The Morgan fingerprint density at radius 3 is 2.77 bits per heavy atom. The van der Waals surface area contributed by atoms with E-state index in [4.69, 9.17) is 14.7 Å². The Balaban J connectivity index is 1.44. The van der Waals surface area contributed by atoms with E-state index >= 15 is 0 Å². The molecule has 2 aromatic carbocycles. The molecule has 0 radical (unpaired) electrons. The number of nitrogens with zero attached hydrogens (tertiary/aromatic N) is 6. The maximum Gasteiger partial charge on any atom is 0.227 e. The normalized spacial score (nSPS) is 17.2. The van der Waals surface area contributed by atoms with E-state index in [0.29, 0.717) is 19.0 Å². The standard InChI is InChI=1S/C27H29N7O/c1-19-16-34(18-29-19)25-9-8-21(15-26(25)35-2)30-27-31-23-10-12-33(13-11-28)17-22(23)24(32-27)14-20-6-4-3-5-7-20/h3-9,15,18-19H,10,12-14,16-17H2,1-2H3,(H,30,31,32). The first kappa shape index (κ1) is 22.8. The zero-order valence-electron chi connectivity index (χ0n) is 20.1. The minimum absolute atomic E-state index is 0.272. The van der Waals surface area contributed by atoms with Gasteiger partial charge in [-0.3, -0.25) is 9.89 Å². The average molecular weight is 468 g/mol. The number of hydrogen-bond acceptors (Lipinski definition) is 8. The Hall–Kier alpha value is -3.96. The summed E-state index contributed by atoms with van der Waals surface area (Å²) in [4.78, 5) is 18.5. The summed E-state index contributed by atoms with van der Waals surface area (Å²) in [7, 11) is 1.68. The van der Waals surface area contributed by atoms with Crippen molar-refractivity contribution in [3.63, 3.8) is 0 Å². The van der Waals surface area contributed by atoms with Gasteiger partial charge in [-0.25, -0.2) is 9.97 Å². The molecule has 1 aromatic heterocycles. The molecular formula is C27H29N7O. The third kappa shape index (κ3) is 5.10. The zero-order valence-corrected chi connectivity index (χ0v) is 20.1. The van der Waals surface area contributed by atoms with E-state index in [-0.39, 0.29) is 6.04 Å². The first-order valence-electron chi connectivity index (χ1n) is 11.9. The molecule has 0 aliphatic carbocycles. The summed E-state index contributed by atoms with van der Waals surface area (Å²) in [6.07, 6.45) is 3.38. The molecule has 0 saturated carbocycles. The highest BCUT2D eigenvalue weighted by Crippen LogP contribution is 2.33. The Morgan fingerprint density at radius 2 is 2.03 bits per heavy atom. The fourth-order valence-electron chi connectivity index (χ4n) is 4.62. The van der Waals surface area contributed by atoms with Gasteiger partial charge in [-0.15, -0.1) is 0 Å². The van der Waals surface area contributed by atoms with Gasteiger partial charge in [0.25, 0.3) is 0 Å². The lowest BCUT2D eigenvalue weighted by molar-refractivity contribution is 0.280. The molecule has 1 unspecified atom stereocenters. The second kappa shape index (κ2) is 10.1. The first-order valence-corrected chi connectivity index (χ1v) is 11.9. The van der Waals surface area contributed by atoms with E-state index in [1.54, 1.807) is 7.11 Å². The molecular weight excluding hydrogens is 438 g/mol. The molecule has 0 spiro atoms. The Labute approximate surface area is 205 Å². The van der Waals surface area contributed by atoms with E-state index in [1.165, 1.54) is 5.56 Å². The lowest BCUT2D eigenvalue weighted by atomic mass is 9.99. The van der Waals surface area contributed by atoms with Gasteiger partial charge in [-0.2, -0.15) is 5.26 Å². The number of rotatable bonds is 7. The molecule has 0 bridgehead atoms. The van der Waals surface area contributed by atoms with Crippen LogP contribution in [0.3, 0.4) is 0 Å². The number of aromatic nitrogens is 2. The molecule has 0 amide bonds. The SMILES string of the molecule is COc1cc(Nc2nc3c(c(Cc4ccccc4)n2)CN(CC#N)CC3)ccc1N1C=NC(C)C1. The smallest absolute Gasteiger partial charge is 0.227 e. The summed E-state index contributed by atoms with van der Waals surface area (Å²) in [5.41, 5.74) is 6.23. The third-order valence-electron chi connectivity index (χ3n) is 6.40. The molecule has 1 atom stereocenters. The van der Waals surface area contributed by atoms with Gasteiger partial charge in [0.1, 0.15) is 5.75 Å². The van der Waals surface area contributed by atoms with Crippen LogP contribution >= 0.6 is 0 Å². The molecule has 178 valence electrons. The fraction of sp³-hybridized carbons (Fsp3) is 0.333. The second-order valence-corrected chi connectivity index (χ2v) is 8.98. The van der Waals surface area contributed by atoms with Crippen LogP contribution in [0, 0.1) is 11.3 Å². The van der Waals surface area contributed by atoms with Crippen LogP contribution in [0.25, 0.3) is 0 Å². The van der Waals surface area contributed by atoms with Gasteiger partial charge in [0.05, 0.1) is 49.2 Å². The van der Waals surface area contributed by atoms with Gasteiger partial charge in [0.15, 0.2) is 0 Å². The van der Waals surface area contributed by atoms with Crippen LogP contribution in [0.1, 0.15) is 29.4 Å². The number of hydrogen-bond donors (Lipinski definition) is 1. The second-order valence-electron chi connectivity index (χ2n) is 8.98. The molecule has 3 heterocycles. The number of ether oxygens (including phenoxy) is 1. The lowest BCUT2D eigenvalue weighted by Crippen LogP contribution is -2.32. The summed E-state index contributed by atoms with van der Waals surface area (Å²) in [5.74, 6) is 1.35. The van der Waals surface area contributed by atoms with E-state index in [1.807, 2.05) is 42.7 Å². The van der Waals surface area contributed by atoms with Crippen molar-refractivity contribution < 1.29 is 4.74 Å². The molecule has 5 rings (SSSR count). The number of anilines is 3. The van der Waals surface area contributed by atoms with Gasteiger partial charge >= 0.3 is 0 Å².